The summed E-state index contributed by atoms with van der Waals surface area (Å²) in [6, 6.07) is 16.1. The van der Waals surface area contributed by atoms with Gasteiger partial charge in [-0.1, -0.05) is 12.1 Å². The predicted molar refractivity (Wildman–Crippen MR) is 121 cm³/mol. The zero-order valence-electron chi connectivity index (χ0n) is 18.4. The molecule has 0 bridgehead atoms. The molecule has 0 aromatic heterocycles. The molecule has 0 aliphatic carbocycles. The van der Waals surface area contributed by atoms with Crippen LogP contribution in [-0.2, 0) is 0 Å². The number of amides is 3. The number of benzene rings is 3. The van der Waals surface area contributed by atoms with Gasteiger partial charge in [0.25, 0.3) is 17.7 Å². The summed E-state index contributed by atoms with van der Waals surface area (Å²) in [5, 5.41) is 2.49. The van der Waals surface area contributed by atoms with E-state index in [0.717, 1.165) is 4.90 Å². The number of anilines is 2. The fourth-order valence-corrected chi connectivity index (χ4v) is 3.52. The van der Waals surface area contributed by atoms with E-state index in [1.54, 1.807) is 24.3 Å². The van der Waals surface area contributed by atoms with Crippen molar-refractivity contribution in [2.45, 2.75) is 13.1 Å². The van der Waals surface area contributed by atoms with E-state index in [1.165, 1.54) is 42.5 Å². The number of imide groups is 1. The molecule has 1 aliphatic heterocycles. The Morgan fingerprint density at radius 3 is 2.29 bits per heavy atom. The summed E-state index contributed by atoms with van der Waals surface area (Å²) in [7, 11) is 0. The van der Waals surface area contributed by atoms with Gasteiger partial charge in [0.05, 0.1) is 29.1 Å². The summed E-state index contributed by atoms with van der Waals surface area (Å²) in [4.78, 5) is 39.6. The first-order valence-electron chi connectivity index (χ1n) is 10.5. The number of alkyl halides is 3. The molecule has 0 saturated heterocycles. The van der Waals surface area contributed by atoms with Gasteiger partial charge in [-0.15, -0.1) is 0 Å². The summed E-state index contributed by atoms with van der Waals surface area (Å²) >= 11 is 0. The second-order valence-corrected chi connectivity index (χ2v) is 7.49. The Labute approximate surface area is 198 Å². The third-order valence-electron chi connectivity index (χ3n) is 5.08. The fourth-order valence-electron chi connectivity index (χ4n) is 3.52. The Bertz CT molecular complexity index is 1290. The molecule has 3 aromatic carbocycles. The lowest BCUT2D eigenvalue weighted by atomic mass is 10.1. The average molecular weight is 484 g/mol. The maximum absolute atomic E-state index is 13.0. The summed E-state index contributed by atoms with van der Waals surface area (Å²) in [5.74, 6) is -1.39. The minimum Gasteiger partial charge on any atom is -0.494 e. The molecule has 0 saturated carbocycles. The van der Waals surface area contributed by atoms with Gasteiger partial charge in [0.2, 0.25) is 0 Å². The first kappa shape index (κ1) is 23.8. The Balaban J connectivity index is 1.54. The number of nitrogens with zero attached hydrogens (tertiary/aromatic N) is 1. The van der Waals surface area contributed by atoms with E-state index in [4.69, 9.17) is 9.47 Å². The number of rotatable bonds is 7. The van der Waals surface area contributed by atoms with Crippen LogP contribution in [0, 0.1) is 0 Å². The van der Waals surface area contributed by atoms with Gasteiger partial charge in [0.1, 0.15) is 11.5 Å². The molecule has 7 nitrogen and oxygen atoms in total. The summed E-state index contributed by atoms with van der Waals surface area (Å²) in [6.07, 6.45) is -4.54. The standard InChI is InChI=1S/C25H19F3N2O5/c1-2-34-17-10-8-16(9-11-17)30-23(32)18-12-7-15(13-19(18)24(30)33)22(31)29-20-5-3-4-6-21(20)35-14-25(26,27)28/h3-13H,2,14H2,1H3,(H,29,31). The molecular weight excluding hydrogens is 465 g/mol. The van der Waals surface area contributed by atoms with Crippen molar-refractivity contribution in [3.63, 3.8) is 0 Å². The fraction of sp³-hybridized carbons (Fsp3) is 0.160. The van der Waals surface area contributed by atoms with Crippen molar-refractivity contribution < 1.29 is 37.0 Å². The van der Waals surface area contributed by atoms with Gasteiger partial charge >= 0.3 is 6.18 Å². The van der Waals surface area contributed by atoms with Gasteiger partial charge < -0.3 is 14.8 Å². The average Bonchev–Trinajstić information content (AvgIpc) is 3.08. The highest BCUT2D eigenvalue weighted by molar-refractivity contribution is 6.34. The monoisotopic (exact) mass is 484 g/mol. The number of fused-ring (bicyclic) bond motifs is 1. The number of halogens is 3. The molecule has 180 valence electrons. The van der Waals surface area contributed by atoms with E-state index in [0.29, 0.717) is 18.0 Å². The molecule has 10 heteroatoms. The molecule has 1 heterocycles. The molecule has 0 atom stereocenters. The van der Waals surface area contributed by atoms with Gasteiger partial charge in [-0.25, -0.2) is 4.90 Å². The van der Waals surface area contributed by atoms with E-state index >= 15 is 0 Å². The van der Waals surface area contributed by atoms with E-state index in [2.05, 4.69) is 5.32 Å². The second-order valence-electron chi connectivity index (χ2n) is 7.49. The normalized spacial score (nSPS) is 13.0. The minimum absolute atomic E-state index is 0.0284. The molecule has 1 aliphatic rings. The van der Waals surface area contributed by atoms with Crippen LogP contribution in [0.15, 0.2) is 66.7 Å². The maximum atomic E-state index is 13.0. The van der Waals surface area contributed by atoms with E-state index in [-0.39, 0.29) is 28.1 Å². The van der Waals surface area contributed by atoms with Crippen LogP contribution in [0.3, 0.4) is 0 Å². The number of carbonyl (C=O) groups is 3. The van der Waals surface area contributed by atoms with Crippen LogP contribution in [0.4, 0.5) is 24.5 Å². The van der Waals surface area contributed by atoms with Crippen LogP contribution in [-0.4, -0.2) is 37.1 Å². The lowest BCUT2D eigenvalue weighted by molar-refractivity contribution is -0.153. The molecule has 35 heavy (non-hydrogen) atoms. The van der Waals surface area contributed by atoms with Crippen LogP contribution in [0.25, 0.3) is 0 Å². The highest BCUT2D eigenvalue weighted by atomic mass is 19.4. The Morgan fingerprint density at radius 1 is 0.914 bits per heavy atom. The quantitative estimate of drug-likeness (QED) is 0.473. The third kappa shape index (κ3) is 5.11. The number of nitrogens with one attached hydrogen (secondary N) is 1. The van der Waals surface area contributed by atoms with Gasteiger partial charge in [0, 0.05) is 5.56 Å². The van der Waals surface area contributed by atoms with Crippen molar-refractivity contribution in [1.29, 1.82) is 0 Å². The number of para-hydroxylation sites is 2. The maximum Gasteiger partial charge on any atom is 0.422 e. The zero-order chi connectivity index (χ0) is 25.2. The number of ether oxygens (including phenoxy) is 2. The molecule has 3 amide bonds. The van der Waals surface area contributed by atoms with Crippen LogP contribution in [0.2, 0.25) is 0 Å². The van der Waals surface area contributed by atoms with E-state index in [1.807, 2.05) is 6.92 Å². The molecule has 1 N–H and O–H groups in total. The SMILES string of the molecule is CCOc1ccc(N2C(=O)c3ccc(C(=O)Nc4ccccc4OCC(F)(F)F)cc3C2=O)cc1. The minimum atomic E-state index is -4.54. The van der Waals surface area contributed by atoms with Crippen molar-refractivity contribution in [2.75, 3.05) is 23.4 Å². The first-order valence-corrected chi connectivity index (χ1v) is 10.5. The largest absolute Gasteiger partial charge is 0.494 e. The number of hydrogen-bond donors (Lipinski definition) is 1. The Kier molecular flexibility index (Phi) is 6.46. The molecule has 0 fully saturated rings. The summed E-state index contributed by atoms with van der Waals surface area (Å²) in [6.45, 7) is 0.785. The van der Waals surface area contributed by atoms with Crippen LogP contribution >= 0.6 is 0 Å². The molecule has 0 unspecified atom stereocenters. The predicted octanol–water partition coefficient (Wildman–Crippen LogP) is 5.08. The number of hydrogen-bond acceptors (Lipinski definition) is 5. The van der Waals surface area contributed by atoms with Gasteiger partial charge in [0.15, 0.2) is 6.61 Å². The second kappa shape index (κ2) is 9.49. The van der Waals surface area contributed by atoms with Crippen molar-refractivity contribution in [1.82, 2.24) is 0 Å². The van der Waals surface area contributed by atoms with Gasteiger partial charge in [-0.3, -0.25) is 14.4 Å². The van der Waals surface area contributed by atoms with E-state index < -0.39 is 30.5 Å². The van der Waals surface area contributed by atoms with Crippen LogP contribution in [0.1, 0.15) is 38.0 Å². The zero-order valence-corrected chi connectivity index (χ0v) is 18.4. The molecule has 4 rings (SSSR count). The molecule has 3 aromatic rings. The molecular formula is C25H19F3N2O5. The van der Waals surface area contributed by atoms with Crippen LogP contribution < -0.4 is 19.7 Å². The van der Waals surface area contributed by atoms with Crippen LogP contribution in [0.5, 0.6) is 11.5 Å². The van der Waals surface area contributed by atoms with Crippen molar-refractivity contribution >= 4 is 29.1 Å². The Morgan fingerprint density at radius 2 is 1.60 bits per heavy atom. The first-order chi connectivity index (χ1) is 16.7. The Hall–Kier alpha value is -4.34. The van der Waals surface area contributed by atoms with Crippen molar-refractivity contribution in [2.24, 2.45) is 0 Å². The topological polar surface area (TPSA) is 84.9 Å². The summed E-state index contributed by atoms with van der Waals surface area (Å²) < 4.78 is 47.7. The smallest absolute Gasteiger partial charge is 0.422 e. The van der Waals surface area contributed by atoms with Crippen molar-refractivity contribution in [3.05, 3.63) is 83.4 Å². The molecule has 0 spiro atoms. The number of carbonyl (C=O) groups excluding carboxylic acids is 3. The highest BCUT2D eigenvalue weighted by Crippen LogP contribution is 2.31. The lowest BCUT2D eigenvalue weighted by Crippen LogP contribution is -2.29. The molecule has 0 radical (unpaired) electrons. The highest BCUT2D eigenvalue weighted by Gasteiger charge is 2.37. The van der Waals surface area contributed by atoms with Crippen molar-refractivity contribution in [3.8, 4) is 11.5 Å². The summed E-state index contributed by atoms with van der Waals surface area (Å²) in [5.41, 5.74) is 0.596. The van der Waals surface area contributed by atoms with Gasteiger partial charge in [-0.2, -0.15) is 13.2 Å². The lowest BCUT2D eigenvalue weighted by Gasteiger charge is -2.14. The third-order valence-corrected chi connectivity index (χ3v) is 5.08. The van der Waals surface area contributed by atoms with E-state index in [9.17, 15) is 27.6 Å². The van der Waals surface area contributed by atoms with Gasteiger partial charge in [-0.05, 0) is 61.5 Å².